The molecule has 0 aliphatic carbocycles. The van der Waals surface area contributed by atoms with E-state index in [-0.39, 0.29) is 0 Å². The molecule has 19 heavy (non-hydrogen) atoms. The van der Waals surface area contributed by atoms with Gasteiger partial charge in [-0.05, 0) is 23.8 Å². The highest BCUT2D eigenvalue weighted by Gasteiger charge is 2.05. The Morgan fingerprint density at radius 2 is 1.95 bits per heavy atom. The highest BCUT2D eigenvalue weighted by Crippen LogP contribution is 2.26. The van der Waals surface area contributed by atoms with E-state index in [1.54, 1.807) is 19.3 Å². The molecule has 0 aliphatic heterocycles. The standard InChI is InChI=1S/C15H13Cl2NO/c1-18-9-11-4-2-6-13(8-11)19-10-12-5-3-7-14(16)15(12)17/h2-9H,10H2,1H3/b18-9+. The summed E-state index contributed by atoms with van der Waals surface area (Å²) in [4.78, 5) is 3.97. The predicted molar refractivity (Wildman–Crippen MR) is 80.8 cm³/mol. The molecular formula is C15H13Cl2NO. The Labute approximate surface area is 122 Å². The second-order valence-corrected chi connectivity index (χ2v) is 4.75. The number of hydrogen-bond acceptors (Lipinski definition) is 2. The van der Waals surface area contributed by atoms with E-state index in [2.05, 4.69) is 4.99 Å². The number of rotatable bonds is 4. The number of aliphatic imine (C=N–C) groups is 1. The molecule has 2 nitrogen and oxygen atoms in total. The molecule has 0 aliphatic rings. The Morgan fingerprint density at radius 1 is 1.16 bits per heavy atom. The van der Waals surface area contributed by atoms with Gasteiger partial charge < -0.3 is 4.74 Å². The van der Waals surface area contributed by atoms with E-state index >= 15 is 0 Å². The number of benzene rings is 2. The van der Waals surface area contributed by atoms with Gasteiger partial charge >= 0.3 is 0 Å². The second kappa shape index (κ2) is 6.60. The van der Waals surface area contributed by atoms with Gasteiger partial charge in [0.25, 0.3) is 0 Å². The predicted octanol–water partition coefficient (Wildman–Crippen LogP) is 4.62. The zero-order chi connectivity index (χ0) is 13.7. The lowest BCUT2D eigenvalue weighted by molar-refractivity contribution is 0.306. The molecule has 0 spiro atoms. The molecule has 0 atom stereocenters. The molecule has 0 aromatic heterocycles. The van der Waals surface area contributed by atoms with E-state index in [0.717, 1.165) is 16.9 Å². The number of ether oxygens (including phenoxy) is 1. The van der Waals surface area contributed by atoms with E-state index in [4.69, 9.17) is 27.9 Å². The molecular weight excluding hydrogens is 281 g/mol. The first-order valence-electron chi connectivity index (χ1n) is 5.78. The molecule has 2 aromatic carbocycles. The van der Waals surface area contributed by atoms with Crippen molar-refractivity contribution < 1.29 is 4.74 Å². The number of hydrogen-bond donors (Lipinski definition) is 0. The molecule has 0 N–H and O–H groups in total. The fourth-order valence-corrected chi connectivity index (χ4v) is 2.03. The Kier molecular flexibility index (Phi) is 4.83. The summed E-state index contributed by atoms with van der Waals surface area (Å²) in [5.74, 6) is 0.772. The summed E-state index contributed by atoms with van der Waals surface area (Å²) >= 11 is 12.1. The van der Waals surface area contributed by atoms with Crippen molar-refractivity contribution in [1.82, 2.24) is 0 Å². The minimum atomic E-state index is 0.381. The third kappa shape index (κ3) is 3.72. The molecule has 0 radical (unpaired) electrons. The fourth-order valence-electron chi connectivity index (χ4n) is 1.65. The fraction of sp³-hybridized carbons (Fsp3) is 0.133. The van der Waals surface area contributed by atoms with Crippen molar-refractivity contribution in [2.24, 2.45) is 4.99 Å². The normalized spacial score (nSPS) is 10.9. The van der Waals surface area contributed by atoms with Crippen LogP contribution in [0.15, 0.2) is 47.5 Å². The smallest absolute Gasteiger partial charge is 0.120 e. The van der Waals surface area contributed by atoms with Gasteiger partial charge in [0.15, 0.2) is 0 Å². The number of halogens is 2. The van der Waals surface area contributed by atoms with E-state index in [0.29, 0.717) is 16.7 Å². The molecule has 98 valence electrons. The Morgan fingerprint density at radius 3 is 2.74 bits per heavy atom. The Bertz CT molecular complexity index is 596. The molecule has 0 saturated carbocycles. The van der Waals surface area contributed by atoms with Gasteiger partial charge in [-0.3, -0.25) is 4.99 Å². The average molecular weight is 294 g/mol. The highest BCUT2D eigenvalue weighted by molar-refractivity contribution is 6.42. The van der Waals surface area contributed by atoms with Crippen LogP contribution in [-0.4, -0.2) is 13.3 Å². The Hall–Kier alpha value is -1.51. The molecule has 0 unspecified atom stereocenters. The van der Waals surface area contributed by atoms with Crippen molar-refractivity contribution in [3.8, 4) is 5.75 Å². The molecule has 0 bridgehead atoms. The van der Waals surface area contributed by atoms with Crippen LogP contribution in [0.3, 0.4) is 0 Å². The van der Waals surface area contributed by atoms with E-state index < -0.39 is 0 Å². The molecule has 0 fully saturated rings. The molecule has 0 saturated heterocycles. The van der Waals surface area contributed by atoms with Gasteiger partial charge in [0.05, 0.1) is 10.0 Å². The summed E-state index contributed by atoms with van der Waals surface area (Å²) < 4.78 is 5.71. The van der Waals surface area contributed by atoms with Gasteiger partial charge in [-0.2, -0.15) is 0 Å². The van der Waals surface area contributed by atoms with Crippen molar-refractivity contribution in [2.75, 3.05) is 7.05 Å². The van der Waals surface area contributed by atoms with Crippen LogP contribution in [0.25, 0.3) is 0 Å². The lowest BCUT2D eigenvalue weighted by Crippen LogP contribution is -1.97. The van der Waals surface area contributed by atoms with Gasteiger partial charge in [0, 0.05) is 18.8 Å². The van der Waals surface area contributed by atoms with E-state index in [1.807, 2.05) is 36.4 Å². The van der Waals surface area contributed by atoms with Crippen LogP contribution in [0.2, 0.25) is 10.0 Å². The first-order chi connectivity index (χ1) is 9.20. The first kappa shape index (κ1) is 13.9. The molecule has 2 rings (SSSR count). The maximum Gasteiger partial charge on any atom is 0.120 e. The zero-order valence-electron chi connectivity index (χ0n) is 10.4. The average Bonchev–Trinajstić information content (AvgIpc) is 2.41. The SMILES string of the molecule is C/N=C/c1cccc(OCc2cccc(Cl)c2Cl)c1. The van der Waals surface area contributed by atoms with Crippen molar-refractivity contribution in [3.63, 3.8) is 0 Å². The monoisotopic (exact) mass is 293 g/mol. The lowest BCUT2D eigenvalue weighted by Gasteiger charge is -2.09. The van der Waals surface area contributed by atoms with Crippen LogP contribution in [0.1, 0.15) is 11.1 Å². The largest absolute Gasteiger partial charge is 0.489 e. The van der Waals surface area contributed by atoms with Gasteiger partial charge in [-0.15, -0.1) is 0 Å². The molecule has 0 amide bonds. The van der Waals surface area contributed by atoms with Crippen LogP contribution >= 0.6 is 23.2 Å². The molecule has 2 aromatic rings. The molecule has 4 heteroatoms. The zero-order valence-corrected chi connectivity index (χ0v) is 11.9. The van der Waals surface area contributed by atoms with Gasteiger partial charge in [-0.1, -0.05) is 47.5 Å². The minimum Gasteiger partial charge on any atom is -0.489 e. The summed E-state index contributed by atoms with van der Waals surface area (Å²) in [7, 11) is 1.74. The van der Waals surface area contributed by atoms with Crippen molar-refractivity contribution in [2.45, 2.75) is 6.61 Å². The summed E-state index contributed by atoms with van der Waals surface area (Å²) in [6.45, 7) is 0.381. The maximum atomic E-state index is 6.11. The van der Waals surface area contributed by atoms with Gasteiger partial charge in [0.2, 0.25) is 0 Å². The van der Waals surface area contributed by atoms with Gasteiger partial charge in [-0.25, -0.2) is 0 Å². The topological polar surface area (TPSA) is 21.6 Å². The first-order valence-corrected chi connectivity index (χ1v) is 6.54. The van der Waals surface area contributed by atoms with Crippen LogP contribution in [0, 0.1) is 0 Å². The summed E-state index contributed by atoms with van der Waals surface area (Å²) in [5, 5.41) is 1.07. The van der Waals surface area contributed by atoms with Crippen LogP contribution in [-0.2, 0) is 6.61 Å². The third-order valence-corrected chi connectivity index (χ3v) is 3.42. The summed E-state index contributed by atoms with van der Waals surface area (Å²) in [6, 6.07) is 13.2. The van der Waals surface area contributed by atoms with Crippen molar-refractivity contribution in [1.29, 1.82) is 0 Å². The van der Waals surface area contributed by atoms with Crippen LogP contribution < -0.4 is 4.74 Å². The van der Waals surface area contributed by atoms with Crippen molar-refractivity contribution >= 4 is 29.4 Å². The van der Waals surface area contributed by atoms with Crippen LogP contribution in [0.4, 0.5) is 0 Å². The second-order valence-electron chi connectivity index (χ2n) is 3.96. The van der Waals surface area contributed by atoms with Crippen LogP contribution in [0.5, 0.6) is 5.75 Å². The number of nitrogens with zero attached hydrogens (tertiary/aromatic N) is 1. The quantitative estimate of drug-likeness (QED) is 0.754. The minimum absolute atomic E-state index is 0.381. The van der Waals surface area contributed by atoms with E-state index in [9.17, 15) is 0 Å². The summed E-state index contributed by atoms with van der Waals surface area (Å²) in [6.07, 6.45) is 1.78. The summed E-state index contributed by atoms with van der Waals surface area (Å²) in [5.41, 5.74) is 1.86. The van der Waals surface area contributed by atoms with Crippen molar-refractivity contribution in [3.05, 3.63) is 63.6 Å². The highest BCUT2D eigenvalue weighted by atomic mass is 35.5. The van der Waals surface area contributed by atoms with Gasteiger partial charge in [0.1, 0.15) is 12.4 Å². The lowest BCUT2D eigenvalue weighted by atomic mass is 10.2. The molecule has 0 heterocycles. The van der Waals surface area contributed by atoms with E-state index in [1.165, 1.54) is 0 Å². The Balaban J connectivity index is 2.10. The third-order valence-electron chi connectivity index (χ3n) is 2.56. The maximum absolute atomic E-state index is 6.11.